The number of hydrogen-bond acceptors (Lipinski definition) is 4. The van der Waals surface area contributed by atoms with Gasteiger partial charge in [0, 0.05) is 0 Å². The molecular formula is C12H12ClN3OS. The maximum atomic E-state index is 12.1. The number of nitrogen functional groups attached to an aromatic ring is 1. The Bertz CT molecular complexity index is 589. The topological polar surface area (TPSA) is 68.0 Å². The smallest absolute Gasteiger partial charge is 0.267 e. The Morgan fingerprint density at radius 3 is 2.72 bits per heavy atom. The molecule has 94 valence electrons. The zero-order chi connectivity index (χ0) is 13.3. The highest BCUT2D eigenvalue weighted by molar-refractivity contribution is 7.13. The van der Waals surface area contributed by atoms with E-state index in [9.17, 15) is 4.79 Å². The van der Waals surface area contributed by atoms with Gasteiger partial charge in [-0.25, -0.2) is 4.98 Å². The molecule has 0 saturated carbocycles. The van der Waals surface area contributed by atoms with Gasteiger partial charge in [0.05, 0.1) is 27.1 Å². The molecule has 0 fully saturated rings. The van der Waals surface area contributed by atoms with Gasteiger partial charge in [-0.3, -0.25) is 4.79 Å². The summed E-state index contributed by atoms with van der Waals surface area (Å²) >= 11 is 7.35. The summed E-state index contributed by atoms with van der Waals surface area (Å²) in [6.45, 7) is 3.66. The third-order valence-corrected chi connectivity index (χ3v) is 3.78. The van der Waals surface area contributed by atoms with Crippen molar-refractivity contribution in [2.75, 3.05) is 11.1 Å². The number of para-hydroxylation sites is 1. The lowest BCUT2D eigenvalue weighted by atomic mass is 10.2. The number of hydrogen-bond donors (Lipinski definition) is 2. The van der Waals surface area contributed by atoms with Gasteiger partial charge in [0.15, 0.2) is 0 Å². The van der Waals surface area contributed by atoms with E-state index in [0.717, 1.165) is 5.01 Å². The highest BCUT2D eigenvalue weighted by Gasteiger charge is 2.16. The van der Waals surface area contributed by atoms with Gasteiger partial charge in [-0.1, -0.05) is 17.7 Å². The minimum absolute atomic E-state index is 0.238. The van der Waals surface area contributed by atoms with Crippen molar-refractivity contribution in [2.24, 2.45) is 0 Å². The first-order valence-corrected chi connectivity index (χ1v) is 6.48. The van der Waals surface area contributed by atoms with Crippen LogP contribution in [0.5, 0.6) is 0 Å². The Kier molecular flexibility index (Phi) is 3.54. The highest BCUT2D eigenvalue weighted by Crippen LogP contribution is 2.29. The molecule has 0 spiro atoms. The van der Waals surface area contributed by atoms with Crippen LogP contribution in [0.3, 0.4) is 0 Å². The molecule has 2 aromatic rings. The molecule has 3 N–H and O–H groups in total. The van der Waals surface area contributed by atoms with Crippen LogP contribution in [0, 0.1) is 13.8 Å². The van der Waals surface area contributed by atoms with E-state index in [-0.39, 0.29) is 5.91 Å². The molecule has 6 heteroatoms. The van der Waals surface area contributed by atoms with Gasteiger partial charge in [0.1, 0.15) is 4.88 Å². The number of rotatable bonds is 2. The molecule has 2 rings (SSSR count). The van der Waals surface area contributed by atoms with Crippen LogP contribution in [0.4, 0.5) is 11.4 Å². The van der Waals surface area contributed by atoms with Crippen molar-refractivity contribution in [1.29, 1.82) is 0 Å². The summed E-state index contributed by atoms with van der Waals surface area (Å²) in [6, 6.07) is 5.10. The average Bonchev–Trinajstić information content (AvgIpc) is 2.63. The lowest BCUT2D eigenvalue weighted by Gasteiger charge is -2.09. The molecule has 0 saturated heterocycles. The minimum Gasteiger partial charge on any atom is -0.397 e. The SMILES string of the molecule is Cc1nc(C)c(C(=O)Nc2c(N)cccc2Cl)s1. The van der Waals surface area contributed by atoms with Crippen molar-refractivity contribution in [3.8, 4) is 0 Å². The van der Waals surface area contributed by atoms with Crippen LogP contribution in [-0.2, 0) is 0 Å². The molecular weight excluding hydrogens is 270 g/mol. The van der Waals surface area contributed by atoms with Gasteiger partial charge >= 0.3 is 0 Å². The summed E-state index contributed by atoms with van der Waals surface area (Å²) in [6.07, 6.45) is 0. The van der Waals surface area contributed by atoms with E-state index in [4.69, 9.17) is 17.3 Å². The van der Waals surface area contributed by atoms with Crippen molar-refractivity contribution in [3.63, 3.8) is 0 Å². The number of carbonyl (C=O) groups excluding carboxylic acids is 1. The van der Waals surface area contributed by atoms with E-state index in [1.165, 1.54) is 11.3 Å². The molecule has 1 aromatic heterocycles. The standard InChI is InChI=1S/C12H12ClN3OS/c1-6-11(18-7(2)15-6)12(17)16-10-8(13)4-3-5-9(10)14/h3-5H,14H2,1-2H3,(H,16,17). The quantitative estimate of drug-likeness (QED) is 0.830. The molecule has 0 unspecified atom stereocenters. The second-order valence-corrected chi connectivity index (χ2v) is 5.42. The number of benzene rings is 1. The number of nitrogens with two attached hydrogens (primary N) is 1. The summed E-state index contributed by atoms with van der Waals surface area (Å²) in [7, 11) is 0. The van der Waals surface area contributed by atoms with Crippen LogP contribution < -0.4 is 11.1 Å². The zero-order valence-corrected chi connectivity index (χ0v) is 11.5. The van der Waals surface area contributed by atoms with Gasteiger partial charge in [-0.15, -0.1) is 11.3 Å². The Labute approximate surface area is 114 Å². The lowest BCUT2D eigenvalue weighted by molar-refractivity contribution is 0.103. The van der Waals surface area contributed by atoms with Crippen LogP contribution >= 0.6 is 22.9 Å². The van der Waals surface area contributed by atoms with Crippen molar-refractivity contribution < 1.29 is 4.79 Å². The Morgan fingerprint density at radius 2 is 2.17 bits per heavy atom. The third kappa shape index (κ3) is 2.47. The number of nitrogens with zero attached hydrogens (tertiary/aromatic N) is 1. The fourth-order valence-corrected chi connectivity index (χ4v) is 2.63. The summed E-state index contributed by atoms with van der Waals surface area (Å²) in [5.41, 5.74) is 7.37. The number of carbonyl (C=O) groups is 1. The van der Waals surface area contributed by atoms with Crippen LogP contribution in [0.1, 0.15) is 20.4 Å². The molecule has 0 radical (unpaired) electrons. The van der Waals surface area contributed by atoms with Crippen molar-refractivity contribution in [2.45, 2.75) is 13.8 Å². The molecule has 0 aliphatic heterocycles. The first-order valence-electron chi connectivity index (χ1n) is 5.28. The normalized spacial score (nSPS) is 10.4. The molecule has 1 heterocycles. The lowest BCUT2D eigenvalue weighted by Crippen LogP contribution is -2.13. The predicted octanol–water partition coefficient (Wildman–Crippen LogP) is 3.25. The van der Waals surface area contributed by atoms with Crippen LogP contribution in [0.15, 0.2) is 18.2 Å². The molecule has 0 bridgehead atoms. The van der Waals surface area contributed by atoms with E-state index in [1.54, 1.807) is 25.1 Å². The Hall–Kier alpha value is -1.59. The summed E-state index contributed by atoms with van der Waals surface area (Å²) in [5, 5.41) is 3.99. The minimum atomic E-state index is -0.238. The van der Waals surface area contributed by atoms with Gasteiger partial charge < -0.3 is 11.1 Å². The van der Waals surface area contributed by atoms with Crippen molar-refractivity contribution in [3.05, 3.63) is 38.8 Å². The van der Waals surface area contributed by atoms with Crippen LogP contribution in [0.2, 0.25) is 5.02 Å². The molecule has 0 aliphatic carbocycles. The summed E-state index contributed by atoms with van der Waals surface area (Å²) in [5.74, 6) is -0.238. The zero-order valence-electron chi connectivity index (χ0n) is 9.95. The molecule has 0 atom stereocenters. The number of anilines is 2. The van der Waals surface area contributed by atoms with Gasteiger partial charge in [-0.2, -0.15) is 0 Å². The average molecular weight is 282 g/mol. The molecule has 18 heavy (non-hydrogen) atoms. The first kappa shape index (κ1) is 12.9. The number of amides is 1. The molecule has 0 aliphatic rings. The van der Waals surface area contributed by atoms with Crippen molar-refractivity contribution in [1.82, 2.24) is 4.98 Å². The largest absolute Gasteiger partial charge is 0.397 e. The van der Waals surface area contributed by atoms with Gasteiger partial charge in [0.25, 0.3) is 5.91 Å². The summed E-state index contributed by atoms with van der Waals surface area (Å²) in [4.78, 5) is 16.9. The summed E-state index contributed by atoms with van der Waals surface area (Å²) < 4.78 is 0. The van der Waals surface area contributed by atoms with E-state index in [1.807, 2.05) is 6.92 Å². The number of nitrogens with one attached hydrogen (secondary N) is 1. The fourth-order valence-electron chi connectivity index (χ4n) is 1.58. The van der Waals surface area contributed by atoms with Crippen LogP contribution in [-0.4, -0.2) is 10.9 Å². The maximum absolute atomic E-state index is 12.1. The van der Waals surface area contributed by atoms with Gasteiger partial charge in [-0.05, 0) is 26.0 Å². The highest BCUT2D eigenvalue weighted by atomic mass is 35.5. The van der Waals surface area contributed by atoms with E-state index < -0.39 is 0 Å². The Morgan fingerprint density at radius 1 is 1.44 bits per heavy atom. The number of thiazole rings is 1. The second-order valence-electron chi connectivity index (χ2n) is 3.81. The third-order valence-electron chi connectivity index (χ3n) is 2.39. The number of aryl methyl sites for hydroxylation is 2. The maximum Gasteiger partial charge on any atom is 0.267 e. The monoisotopic (exact) mass is 281 g/mol. The van der Waals surface area contributed by atoms with E-state index in [0.29, 0.717) is 27.0 Å². The fraction of sp³-hybridized carbons (Fsp3) is 0.167. The first-order chi connectivity index (χ1) is 8.49. The number of aromatic nitrogens is 1. The van der Waals surface area contributed by atoms with E-state index >= 15 is 0 Å². The van der Waals surface area contributed by atoms with Gasteiger partial charge in [0.2, 0.25) is 0 Å². The molecule has 1 amide bonds. The van der Waals surface area contributed by atoms with Crippen molar-refractivity contribution >= 4 is 40.2 Å². The van der Waals surface area contributed by atoms with Crippen LogP contribution in [0.25, 0.3) is 0 Å². The molecule has 1 aromatic carbocycles. The Balaban J connectivity index is 2.30. The van der Waals surface area contributed by atoms with E-state index in [2.05, 4.69) is 10.3 Å². The number of halogens is 1. The second kappa shape index (κ2) is 4.96. The predicted molar refractivity (Wildman–Crippen MR) is 75.4 cm³/mol. The molecule has 4 nitrogen and oxygen atoms in total.